The number of aromatic nitrogens is 2. The first-order valence-electron chi connectivity index (χ1n) is 7.91. The number of carbonyl (C=O) groups excluding carboxylic acids is 2. The number of amides is 2. The molecule has 1 atom stereocenters. The molecule has 1 aromatic rings. The molecular weight excluding hydrogens is 296 g/mol. The van der Waals surface area contributed by atoms with Gasteiger partial charge in [0.2, 0.25) is 5.91 Å². The topological polar surface area (TPSA) is 67.7 Å². The quantitative estimate of drug-likeness (QED) is 0.799. The van der Waals surface area contributed by atoms with Crippen LogP contribution in [-0.4, -0.2) is 71.3 Å². The average molecular weight is 322 g/mol. The predicted octanol–water partition coefficient (Wildman–Crippen LogP) is 0.285. The smallest absolute Gasteiger partial charge is 0.253 e. The van der Waals surface area contributed by atoms with E-state index in [4.69, 9.17) is 4.74 Å². The van der Waals surface area contributed by atoms with Crippen molar-refractivity contribution in [3.63, 3.8) is 0 Å². The molecule has 1 fully saturated rings. The Hall–Kier alpha value is -1.89. The van der Waals surface area contributed by atoms with Crippen molar-refractivity contribution in [3.05, 3.63) is 17.0 Å². The van der Waals surface area contributed by atoms with Gasteiger partial charge in [-0.05, 0) is 25.8 Å². The molecule has 1 saturated heterocycles. The molecule has 2 amide bonds. The van der Waals surface area contributed by atoms with Gasteiger partial charge in [-0.3, -0.25) is 14.3 Å². The predicted molar refractivity (Wildman–Crippen MR) is 86.0 cm³/mol. The molecule has 1 unspecified atom stereocenters. The summed E-state index contributed by atoms with van der Waals surface area (Å²) in [5.74, 6) is -0.0334. The van der Waals surface area contributed by atoms with Gasteiger partial charge in [0.05, 0.1) is 18.8 Å². The number of hydrogen-bond acceptors (Lipinski definition) is 4. The summed E-state index contributed by atoms with van der Waals surface area (Å²) >= 11 is 0. The molecule has 1 aliphatic heterocycles. The first kappa shape index (κ1) is 17.5. The van der Waals surface area contributed by atoms with Crippen LogP contribution in [0.5, 0.6) is 0 Å². The minimum absolute atomic E-state index is 0.0625. The van der Waals surface area contributed by atoms with Crippen molar-refractivity contribution < 1.29 is 14.3 Å². The number of rotatable bonds is 4. The van der Waals surface area contributed by atoms with Crippen LogP contribution < -0.4 is 0 Å². The highest BCUT2D eigenvalue weighted by molar-refractivity contribution is 5.82. The molecule has 1 aromatic heterocycles. The largest absolute Gasteiger partial charge is 0.365 e. The number of ether oxygens (including phenoxy) is 1. The van der Waals surface area contributed by atoms with E-state index >= 15 is 0 Å². The standard InChI is InChI=1S/C16H26N4O3/c1-11-13(12(2)19(5)17-11)6-7-15(21)20-8-9-23-14(10-20)16(22)18(3)4/h14H,6-10H2,1-5H3. The molecule has 0 aromatic carbocycles. The van der Waals surface area contributed by atoms with E-state index in [9.17, 15) is 9.59 Å². The second-order valence-corrected chi connectivity index (χ2v) is 6.20. The third kappa shape index (κ3) is 3.90. The third-order valence-corrected chi connectivity index (χ3v) is 4.38. The van der Waals surface area contributed by atoms with Gasteiger partial charge in [0.15, 0.2) is 6.10 Å². The number of likely N-dealkylation sites (N-methyl/N-ethyl adjacent to an activating group) is 1. The van der Waals surface area contributed by atoms with Crippen LogP contribution in [0.2, 0.25) is 0 Å². The Kier molecular flexibility index (Phi) is 5.41. The maximum Gasteiger partial charge on any atom is 0.253 e. The summed E-state index contributed by atoms with van der Waals surface area (Å²) < 4.78 is 7.33. The zero-order valence-corrected chi connectivity index (χ0v) is 14.6. The lowest BCUT2D eigenvalue weighted by Crippen LogP contribution is -2.51. The Morgan fingerprint density at radius 1 is 1.35 bits per heavy atom. The van der Waals surface area contributed by atoms with Crippen LogP contribution in [0.4, 0.5) is 0 Å². The molecule has 2 heterocycles. The average Bonchev–Trinajstić information content (AvgIpc) is 2.77. The van der Waals surface area contributed by atoms with Crippen LogP contribution >= 0.6 is 0 Å². The summed E-state index contributed by atoms with van der Waals surface area (Å²) in [5, 5.41) is 4.38. The summed E-state index contributed by atoms with van der Waals surface area (Å²) in [5.41, 5.74) is 3.20. The zero-order chi connectivity index (χ0) is 17.1. The molecule has 0 spiro atoms. The second-order valence-electron chi connectivity index (χ2n) is 6.20. The number of aryl methyl sites for hydroxylation is 2. The van der Waals surface area contributed by atoms with Gasteiger partial charge in [-0.15, -0.1) is 0 Å². The molecule has 1 aliphatic rings. The van der Waals surface area contributed by atoms with Crippen LogP contribution in [0, 0.1) is 13.8 Å². The maximum absolute atomic E-state index is 12.5. The second kappa shape index (κ2) is 7.12. The van der Waals surface area contributed by atoms with E-state index in [2.05, 4.69) is 5.10 Å². The van der Waals surface area contributed by atoms with Crippen molar-refractivity contribution in [2.24, 2.45) is 7.05 Å². The molecule has 0 bridgehead atoms. The summed E-state index contributed by atoms with van der Waals surface area (Å²) in [6, 6.07) is 0. The van der Waals surface area contributed by atoms with Gasteiger partial charge in [0.1, 0.15) is 0 Å². The fraction of sp³-hybridized carbons (Fsp3) is 0.688. The molecule has 0 aliphatic carbocycles. The maximum atomic E-state index is 12.5. The van der Waals surface area contributed by atoms with Gasteiger partial charge < -0.3 is 14.5 Å². The molecule has 7 heteroatoms. The van der Waals surface area contributed by atoms with Crippen molar-refractivity contribution in [3.8, 4) is 0 Å². The monoisotopic (exact) mass is 322 g/mol. The SMILES string of the molecule is Cc1nn(C)c(C)c1CCC(=O)N1CCOC(C(=O)N(C)C)C1. The minimum Gasteiger partial charge on any atom is -0.365 e. The van der Waals surface area contributed by atoms with Crippen LogP contribution in [-0.2, 0) is 27.8 Å². The first-order valence-corrected chi connectivity index (χ1v) is 7.91. The van der Waals surface area contributed by atoms with Crippen molar-refractivity contribution in [1.29, 1.82) is 0 Å². The van der Waals surface area contributed by atoms with Gasteiger partial charge >= 0.3 is 0 Å². The van der Waals surface area contributed by atoms with Crippen molar-refractivity contribution in [2.45, 2.75) is 32.8 Å². The van der Waals surface area contributed by atoms with E-state index in [1.807, 2.05) is 25.6 Å². The zero-order valence-electron chi connectivity index (χ0n) is 14.6. The molecule has 7 nitrogen and oxygen atoms in total. The molecule has 128 valence electrons. The number of nitrogens with zero attached hydrogens (tertiary/aromatic N) is 4. The normalized spacial score (nSPS) is 18.1. The molecule has 23 heavy (non-hydrogen) atoms. The molecule has 2 rings (SSSR count). The van der Waals surface area contributed by atoms with Crippen molar-refractivity contribution in [2.75, 3.05) is 33.8 Å². The molecular formula is C16H26N4O3. The van der Waals surface area contributed by atoms with E-state index in [0.29, 0.717) is 32.5 Å². The van der Waals surface area contributed by atoms with E-state index in [1.54, 1.807) is 19.0 Å². The lowest BCUT2D eigenvalue weighted by Gasteiger charge is -2.33. The van der Waals surface area contributed by atoms with Gasteiger partial charge in [-0.2, -0.15) is 5.10 Å². The highest BCUT2D eigenvalue weighted by Crippen LogP contribution is 2.16. The summed E-state index contributed by atoms with van der Waals surface area (Å²) in [6.07, 6.45) is 0.550. The van der Waals surface area contributed by atoms with Crippen molar-refractivity contribution in [1.82, 2.24) is 19.6 Å². The Bertz CT molecular complexity index is 594. The fourth-order valence-electron chi connectivity index (χ4n) is 2.88. The van der Waals surface area contributed by atoms with Gasteiger partial charge in [-0.25, -0.2) is 0 Å². The van der Waals surface area contributed by atoms with Crippen molar-refractivity contribution >= 4 is 11.8 Å². The van der Waals surface area contributed by atoms with Gasteiger partial charge in [0.25, 0.3) is 5.91 Å². The Morgan fingerprint density at radius 3 is 2.61 bits per heavy atom. The third-order valence-electron chi connectivity index (χ3n) is 4.38. The Balaban J connectivity index is 1.94. The minimum atomic E-state index is -0.551. The summed E-state index contributed by atoms with van der Waals surface area (Å²) in [6.45, 7) is 5.26. The van der Waals surface area contributed by atoms with Gasteiger partial charge in [0, 0.05) is 39.8 Å². The van der Waals surface area contributed by atoms with Crippen LogP contribution in [0.1, 0.15) is 23.4 Å². The first-order chi connectivity index (χ1) is 10.8. The Labute approximate surface area is 137 Å². The summed E-state index contributed by atoms with van der Waals surface area (Å²) in [4.78, 5) is 27.7. The van der Waals surface area contributed by atoms with E-state index in [0.717, 1.165) is 17.0 Å². The lowest BCUT2D eigenvalue weighted by atomic mass is 10.1. The summed E-state index contributed by atoms with van der Waals surface area (Å²) in [7, 11) is 5.30. The van der Waals surface area contributed by atoms with E-state index in [1.165, 1.54) is 4.90 Å². The molecule has 0 radical (unpaired) electrons. The molecule has 0 N–H and O–H groups in total. The lowest BCUT2D eigenvalue weighted by molar-refractivity contribution is -0.152. The van der Waals surface area contributed by atoms with Crippen LogP contribution in [0.25, 0.3) is 0 Å². The van der Waals surface area contributed by atoms with Gasteiger partial charge in [-0.1, -0.05) is 0 Å². The van der Waals surface area contributed by atoms with Crippen LogP contribution in [0.3, 0.4) is 0 Å². The highest BCUT2D eigenvalue weighted by Gasteiger charge is 2.30. The Morgan fingerprint density at radius 2 is 2.04 bits per heavy atom. The van der Waals surface area contributed by atoms with E-state index in [-0.39, 0.29) is 11.8 Å². The highest BCUT2D eigenvalue weighted by atomic mass is 16.5. The number of hydrogen-bond donors (Lipinski definition) is 0. The number of carbonyl (C=O) groups is 2. The molecule has 0 saturated carbocycles. The number of morpholine rings is 1. The van der Waals surface area contributed by atoms with E-state index < -0.39 is 6.10 Å². The van der Waals surface area contributed by atoms with Crippen LogP contribution in [0.15, 0.2) is 0 Å². The fourth-order valence-corrected chi connectivity index (χ4v) is 2.88.